The van der Waals surface area contributed by atoms with Gasteiger partial charge in [0.1, 0.15) is 25.9 Å². The Balaban J connectivity index is 1.35. The van der Waals surface area contributed by atoms with Gasteiger partial charge in [-0.25, -0.2) is 19.2 Å². The molecule has 312 valence electrons. The fourth-order valence-corrected chi connectivity index (χ4v) is 9.84. The van der Waals surface area contributed by atoms with E-state index in [1.165, 1.54) is 0 Å². The first-order chi connectivity index (χ1) is 26.9. The molecule has 2 fully saturated rings. The van der Waals surface area contributed by atoms with Crippen molar-refractivity contribution in [2.75, 3.05) is 38.2 Å². The highest BCUT2D eigenvalue weighted by atomic mass is 28.3. The van der Waals surface area contributed by atoms with Crippen molar-refractivity contribution in [2.24, 2.45) is 0 Å². The van der Waals surface area contributed by atoms with Crippen LogP contribution < -0.4 is 4.90 Å². The predicted octanol–water partition coefficient (Wildman–Crippen LogP) is 8.93. The highest BCUT2D eigenvalue weighted by molar-refractivity contribution is 6.76. The lowest BCUT2D eigenvalue weighted by Crippen LogP contribution is -2.45. The number of pyridine rings is 1. The van der Waals surface area contributed by atoms with E-state index < -0.39 is 36.1 Å². The van der Waals surface area contributed by atoms with Crippen molar-refractivity contribution in [2.45, 2.75) is 127 Å². The molecule has 6 rings (SSSR count). The van der Waals surface area contributed by atoms with Crippen LogP contribution in [-0.2, 0) is 20.9 Å². The summed E-state index contributed by atoms with van der Waals surface area (Å²) in [5, 5.41) is 14.7. The van der Waals surface area contributed by atoms with Gasteiger partial charge in [0.15, 0.2) is 23.1 Å². The molecule has 0 saturated carbocycles. The number of carbonyl (C=O) groups is 1. The van der Waals surface area contributed by atoms with Crippen LogP contribution in [0.2, 0.25) is 77.1 Å². The van der Waals surface area contributed by atoms with Crippen LogP contribution in [0.1, 0.15) is 37.3 Å². The maximum atomic E-state index is 17.4. The second kappa shape index (κ2) is 17.8. The van der Waals surface area contributed by atoms with Crippen LogP contribution in [0.3, 0.4) is 0 Å². The zero-order valence-corrected chi connectivity index (χ0v) is 38.4. The standard InChI is InChI=1S/C40H63FN8O5Si3/c1-55(2,3)19-16-52-26-46-15-14-42-38(46)34-13-10-29(24-43-34)33-25-44-49-37(33)45-36(30-22-31-11-12-32(23-30)48(31)40(50)51)35(41)39(49)47(27-53-17-20-56(4,5)6)28-54-18-21-57(7,8)9/h10,13-15,24-25,30-32H,11-12,16-23,26-28H2,1-9H3,(H,50,51)/t30-,31-,32+. The Morgan fingerprint density at radius 3 is 2.00 bits per heavy atom. The van der Waals surface area contributed by atoms with Gasteiger partial charge in [0.2, 0.25) is 0 Å². The molecule has 0 spiro atoms. The average molecular weight is 839 g/mol. The Hall–Kier alpha value is -3.49. The van der Waals surface area contributed by atoms with Gasteiger partial charge in [0.05, 0.1) is 11.9 Å². The lowest BCUT2D eigenvalue weighted by molar-refractivity contribution is 0.0882. The lowest BCUT2D eigenvalue weighted by Gasteiger charge is -2.37. The lowest BCUT2D eigenvalue weighted by atomic mass is 9.87. The van der Waals surface area contributed by atoms with Gasteiger partial charge in [-0.1, -0.05) is 65.0 Å². The van der Waals surface area contributed by atoms with E-state index in [-0.39, 0.29) is 37.3 Å². The van der Waals surface area contributed by atoms with Gasteiger partial charge in [-0.3, -0.25) is 4.98 Å². The summed E-state index contributed by atoms with van der Waals surface area (Å²) in [6.45, 7) is 23.3. The van der Waals surface area contributed by atoms with Crippen LogP contribution in [-0.4, -0.2) is 115 Å². The molecular formula is C40H63FN8O5Si3. The van der Waals surface area contributed by atoms with E-state index in [1.807, 2.05) is 22.9 Å². The molecule has 0 unspecified atom stereocenters. The number of carboxylic acid groups (broad SMARTS) is 1. The van der Waals surface area contributed by atoms with Crippen LogP contribution in [0.15, 0.2) is 36.9 Å². The number of aromatic nitrogens is 6. The molecule has 2 aliphatic heterocycles. The molecule has 1 amide bonds. The maximum absolute atomic E-state index is 17.4. The number of hydrogen-bond acceptors (Lipinski definition) is 9. The van der Waals surface area contributed by atoms with Crippen molar-refractivity contribution in [3.05, 3.63) is 48.4 Å². The Morgan fingerprint density at radius 1 is 0.860 bits per heavy atom. The first-order valence-corrected chi connectivity index (χ1v) is 31.6. The van der Waals surface area contributed by atoms with Crippen molar-refractivity contribution in [3.8, 4) is 22.6 Å². The van der Waals surface area contributed by atoms with E-state index in [1.54, 1.807) is 32.9 Å². The summed E-state index contributed by atoms with van der Waals surface area (Å²) in [7, 11) is -3.96. The molecule has 1 N–H and O–H groups in total. The average Bonchev–Trinajstić information content (AvgIpc) is 3.84. The van der Waals surface area contributed by atoms with Crippen molar-refractivity contribution < 1.29 is 28.5 Å². The monoisotopic (exact) mass is 838 g/mol. The minimum absolute atomic E-state index is 0.121. The quantitative estimate of drug-likeness (QED) is 0.0555. The molecule has 0 radical (unpaired) electrons. The summed E-state index contributed by atoms with van der Waals surface area (Å²) in [5.41, 5.74) is 3.01. The number of fused-ring (bicyclic) bond motifs is 3. The number of ether oxygens (including phenoxy) is 3. The van der Waals surface area contributed by atoms with E-state index >= 15 is 4.39 Å². The van der Waals surface area contributed by atoms with Crippen LogP contribution in [0.4, 0.5) is 15.0 Å². The predicted molar refractivity (Wildman–Crippen MR) is 231 cm³/mol. The fraction of sp³-hybridized carbons (Fsp3) is 0.625. The van der Waals surface area contributed by atoms with Gasteiger partial charge in [-0.15, -0.1) is 0 Å². The molecule has 4 aromatic rings. The Bertz CT molecular complexity index is 1940. The second-order valence-corrected chi connectivity index (χ2v) is 36.3. The van der Waals surface area contributed by atoms with Crippen LogP contribution in [0.25, 0.3) is 28.3 Å². The number of nitrogens with zero attached hydrogens (tertiary/aromatic N) is 8. The largest absolute Gasteiger partial charge is 0.465 e. The molecular weight excluding hydrogens is 776 g/mol. The van der Waals surface area contributed by atoms with Crippen LogP contribution in [0.5, 0.6) is 0 Å². The molecule has 13 nitrogen and oxygen atoms in total. The molecule has 3 atom stereocenters. The molecule has 0 aliphatic carbocycles. The second-order valence-electron chi connectivity index (χ2n) is 19.4. The minimum atomic E-state index is -1.37. The van der Waals surface area contributed by atoms with E-state index in [0.29, 0.717) is 67.8 Å². The normalized spacial score (nSPS) is 18.8. The zero-order valence-electron chi connectivity index (χ0n) is 35.4. The van der Waals surface area contributed by atoms with Crippen molar-refractivity contribution >= 4 is 41.8 Å². The number of piperidine rings is 1. The molecule has 2 saturated heterocycles. The number of imidazole rings is 1. The third-order valence-electron chi connectivity index (χ3n) is 11.0. The fourth-order valence-electron chi connectivity index (χ4n) is 7.57. The van der Waals surface area contributed by atoms with Gasteiger partial charge in [0.25, 0.3) is 0 Å². The van der Waals surface area contributed by atoms with Crippen molar-refractivity contribution in [1.29, 1.82) is 0 Å². The van der Waals surface area contributed by atoms with Crippen LogP contribution >= 0.6 is 0 Å². The van der Waals surface area contributed by atoms with Gasteiger partial charge >= 0.3 is 6.09 Å². The third kappa shape index (κ3) is 11.0. The number of hydrogen-bond donors (Lipinski definition) is 1. The van der Waals surface area contributed by atoms with Gasteiger partial charge in [-0.2, -0.15) is 9.61 Å². The van der Waals surface area contributed by atoms with E-state index in [0.717, 1.165) is 36.5 Å². The Labute approximate surface area is 340 Å². The molecule has 57 heavy (non-hydrogen) atoms. The summed E-state index contributed by atoms with van der Waals surface area (Å²) in [6.07, 6.45) is 8.79. The highest BCUT2D eigenvalue weighted by Gasteiger charge is 2.45. The number of amides is 1. The summed E-state index contributed by atoms with van der Waals surface area (Å²) < 4.78 is 39.4. The Morgan fingerprint density at radius 2 is 1.46 bits per heavy atom. The maximum Gasteiger partial charge on any atom is 0.407 e. The SMILES string of the molecule is C[Si](C)(C)CCOCN(COCC[Si](C)(C)C)c1c(F)c([C@@H]2C[C@H]3CC[C@@H](C2)N3C(=O)O)nc2c(-c3ccc(-c4nccn4COCC[Si](C)(C)C)nc3)cnn12. The molecule has 0 aromatic carbocycles. The number of anilines is 1. The first-order valence-electron chi connectivity index (χ1n) is 20.4. The topological polar surface area (TPSA) is 132 Å². The summed E-state index contributed by atoms with van der Waals surface area (Å²) >= 11 is 0. The summed E-state index contributed by atoms with van der Waals surface area (Å²) in [6, 6.07) is 6.59. The highest BCUT2D eigenvalue weighted by Crippen LogP contribution is 2.45. The molecule has 4 aromatic heterocycles. The van der Waals surface area contributed by atoms with E-state index in [9.17, 15) is 9.90 Å². The first kappa shape index (κ1) is 43.1. The number of rotatable bonds is 19. The van der Waals surface area contributed by atoms with E-state index in [2.05, 4.69) is 63.9 Å². The minimum Gasteiger partial charge on any atom is -0.465 e. The number of halogens is 1. The summed E-state index contributed by atoms with van der Waals surface area (Å²) in [5.74, 6) is 0.205. The zero-order chi connectivity index (χ0) is 41.1. The van der Waals surface area contributed by atoms with Crippen LogP contribution in [0, 0.1) is 5.82 Å². The van der Waals surface area contributed by atoms with Crippen molar-refractivity contribution in [3.63, 3.8) is 0 Å². The van der Waals surface area contributed by atoms with Gasteiger partial charge in [0, 0.05) is 91.8 Å². The summed E-state index contributed by atoms with van der Waals surface area (Å²) in [4.78, 5) is 30.0. The molecule has 17 heteroatoms. The van der Waals surface area contributed by atoms with Crippen molar-refractivity contribution in [1.82, 2.24) is 34.0 Å². The molecule has 2 aliphatic rings. The van der Waals surface area contributed by atoms with Gasteiger partial charge in [-0.05, 0) is 49.9 Å². The molecule has 2 bridgehead atoms. The third-order valence-corrected chi connectivity index (χ3v) is 16.1. The van der Waals surface area contributed by atoms with E-state index in [4.69, 9.17) is 29.3 Å². The smallest absolute Gasteiger partial charge is 0.407 e. The Kier molecular flexibility index (Phi) is 13.4. The van der Waals surface area contributed by atoms with Gasteiger partial charge < -0.3 is 33.7 Å². The molecule has 6 heterocycles.